The van der Waals surface area contributed by atoms with Gasteiger partial charge in [0.25, 0.3) is 0 Å². The first kappa shape index (κ1) is 15.5. The van der Waals surface area contributed by atoms with Crippen molar-refractivity contribution in [2.75, 3.05) is 5.75 Å². The van der Waals surface area contributed by atoms with Crippen LogP contribution < -0.4 is 0 Å². The van der Waals surface area contributed by atoms with Crippen LogP contribution in [0, 0.1) is 0 Å². The largest absolute Gasteiger partial charge is 0.415 e. The monoisotopic (exact) mass is 346 g/mol. The molecule has 102 valence electrons. The van der Waals surface area contributed by atoms with Gasteiger partial charge in [0, 0.05) is 4.47 Å². The van der Waals surface area contributed by atoms with Crippen molar-refractivity contribution in [3.8, 4) is 0 Å². The van der Waals surface area contributed by atoms with Gasteiger partial charge in [-0.05, 0) is 17.7 Å². The molecule has 0 unspecified atom stereocenters. The van der Waals surface area contributed by atoms with Gasteiger partial charge in [-0.1, -0.05) is 28.1 Å². The summed E-state index contributed by atoms with van der Waals surface area (Å²) in [4.78, 5) is 0. The van der Waals surface area contributed by atoms with Crippen molar-refractivity contribution in [2.45, 2.75) is 18.0 Å². The molecule has 0 saturated heterocycles. The molecule has 0 aliphatic rings. The first-order valence-corrected chi connectivity index (χ1v) is 7.41. The second-order valence-corrected chi connectivity index (χ2v) is 6.77. The zero-order chi connectivity index (χ0) is 14.0. The molecule has 0 heterocycles. The van der Waals surface area contributed by atoms with E-state index in [2.05, 4.69) is 15.9 Å². The Kier molecular flexibility index (Phi) is 4.79. The van der Waals surface area contributed by atoms with Crippen molar-refractivity contribution in [3.63, 3.8) is 0 Å². The summed E-state index contributed by atoms with van der Waals surface area (Å²) in [6.07, 6.45) is -7.78. The maximum atomic E-state index is 12.1. The van der Waals surface area contributed by atoms with Gasteiger partial charge in [0.1, 0.15) is 0 Å². The summed E-state index contributed by atoms with van der Waals surface area (Å²) >= 11 is 3.13. The van der Waals surface area contributed by atoms with Crippen LogP contribution in [0.15, 0.2) is 28.7 Å². The smallest absolute Gasteiger partial charge is 0.383 e. The Hall–Kier alpha value is -0.600. The maximum absolute atomic E-state index is 12.1. The minimum absolute atomic E-state index is 0.360. The highest BCUT2D eigenvalue weighted by Gasteiger charge is 2.40. The lowest BCUT2D eigenvalue weighted by molar-refractivity contribution is -0.196. The Bertz CT molecular complexity index is 513. The topological polar surface area (TPSA) is 54.4 Å². The molecule has 1 N–H and O–H groups in total. The summed E-state index contributed by atoms with van der Waals surface area (Å²) in [5.74, 6) is -1.87. The molecule has 0 aromatic heterocycles. The first-order chi connectivity index (χ1) is 8.10. The van der Waals surface area contributed by atoms with E-state index in [1.807, 2.05) is 0 Å². The molecule has 0 saturated carbocycles. The predicted octanol–water partition coefficient (Wildman–Crippen LogP) is 2.29. The predicted molar refractivity (Wildman–Crippen MR) is 63.7 cm³/mol. The van der Waals surface area contributed by atoms with Crippen molar-refractivity contribution >= 4 is 25.8 Å². The molecule has 0 amide bonds. The first-order valence-electron chi connectivity index (χ1n) is 4.80. The molecule has 0 bridgehead atoms. The number of halogens is 4. The van der Waals surface area contributed by atoms with Crippen LogP contribution in [-0.2, 0) is 15.6 Å². The van der Waals surface area contributed by atoms with E-state index in [4.69, 9.17) is 5.11 Å². The Balaban J connectivity index is 2.77. The Labute approximate surface area is 111 Å². The molecule has 3 nitrogen and oxygen atoms in total. The van der Waals surface area contributed by atoms with Gasteiger partial charge in [0.2, 0.25) is 0 Å². The van der Waals surface area contributed by atoms with Crippen molar-refractivity contribution in [1.82, 2.24) is 0 Å². The molecule has 0 radical (unpaired) electrons. The summed E-state index contributed by atoms with van der Waals surface area (Å²) < 4.78 is 59.8. The number of rotatable bonds is 4. The van der Waals surface area contributed by atoms with E-state index in [9.17, 15) is 21.6 Å². The number of hydrogen-bond acceptors (Lipinski definition) is 3. The van der Waals surface area contributed by atoms with Gasteiger partial charge >= 0.3 is 6.18 Å². The molecule has 0 fully saturated rings. The minimum Gasteiger partial charge on any atom is -0.383 e. The van der Waals surface area contributed by atoms with Crippen LogP contribution in [0.2, 0.25) is 0 Å². The Morgan fingerprint density at radius 3 is 2.44 bits per heavy atom. The fourth-order valence-electron chi connectivity index (χ4n) is 1.27. The van der Waals surface area contributed by atoms with E-state index in [1.54, 1.807) is 12.1 Å². The summed E-state index contributed by atoms with van der Waals surface area (Å²) in [6.45, 7) is 0. The lowest BCUT2D eigenvalue weighted by Crippen LogP contribution is -2.35. The van der Waals surface area contributed by atoms with Crippen LogP contribution in [0.4, 0.5) is 13.2 Å². The van der Waals surface area contributed by atoms with E-state index in [1.165, 1.54) is 12.1 Å². The Morgan fingerprint density at radius 1 is 1.33 bits per heavy atom. The fourth-order valence-corrected chi connectivity index (χ4v) is 3.20. The molecular formula is C10H10BrF3O3S. The van der Waals surface area contributed by atoms with E-state index in [0.29, 0.717) is 10.0 Å². The molecule has 1 aromatic carbocycles. The van der Waals surface area contributed by atoms with Gasteiger partial charge in [0.05, 0.1) is 11.5 Å². The van der Waals surface area contributed by atoms with E-state index < -0.39 is 33.6 Å². The van der Waals surface area contributed by atoms with Crippen molar-refractivity contribution in [2.24, 2.45) is 0 Å². The van der Waals surface area contributed by atoms with Gasteiger partial charge < -0.3 is 5.11 Å². The van der Waals surface area contributed by atoms with Crippen LogP contribution in [0.25, 0.3) is 0 Å². The highest BCUT2D eigenvalue weighted by molar-refractivity contribution is 9.10. The lowest BCUT2D eigenvalue weighted by atomic mass is 10.2. The molecule has 1 aromatic rings. The average molecular weight is 347 g/mol. The van der Waals surface area contributed by atoms with Gasteiger partial charge in [0.15, 0.2) is 15.9 Å². The van der Waals surface area contributed by atoms with Crippen LogP contribution >= 0.6 is 15.9 Å². The summed E-state index contributed by atoms with van der Waals surface area (Å²) in [6, 6.07) is 6.23. The third-order valence-corrected chi connectivity index (χ3v) is 4.16. The van der Waals surface area contributed by atoms with Crippen molar-refractivity contribution < 1.29 is 26.7 Å². The quantitative estimate of drug-likeness (QED) is 0.909. The Morgan fingerprint density at radius 2 is 1.94 bits per heavy atom. The molecule has 0 spiro atoms. The maximum Gasteiger partial charge on any atom is 0.415 e. The van der Waals surface area contributed by atoms with Gasteiger partial charge in [-0.3, -0.25) is 0 Å². The fraction of sp³-hybridized carbons (Fsp3) is 0.400. The summed E-state index contributed by atoms with van der Waals surface area (Å²) in [5.41, 5.74) is 0.360. The van der Waals surface area contributed by atoms with E-state index in [-0.39, 0.29) is 0 Å². The van der Waals surface area contributed by atoms with Gasteiger partial charge in [-0.2, -0.15) is 13.2 Å². The standard InChI is InChI=1S/C10H10BrF3O3S/c11-8-3-1-2-7(4-8)5-18(16,17)6-9(15)10(12,13)14/h1-4,9,15H,5-6H2/t9-/m0/s1. The minimum atomic E-state index is -4.93. The van der Waals surface area contributed by atoms with Crippen LogP contribution in [0.3, 0.4) is 0 Å². The number of hydrogen-bond donors (Lipinski definition) is 1. The lowest BCUT2D eigenvalue weighted by Gasteiger charge is -2.14. The van der Waals surface area contributed by atoms with Gasteiger partial charge in [-0.25, -0.2) is 8.42 Å². The number of aliphatic hydroxyl groups excluding tert-OH is 1. The molecule has 1 atom stereocenters. The molecule has 0 aliphatic heterocycles. The molecule has 1 rings (SSSR count). The van der Waals surface area contributed by atoms with Crippen LogP contribution in [0.1, 0.15) is 5.56 Å². The van der Waals surface area contributed by atoms with Gasteiger partial charge in [-0.15, -0.1) is 0 Å². The molecule has 18 heavy (non-hydrogen) atoms. The summed E-state index contributed by atoms with van der Waals surface area (Å²) in [7, 11) is -4.02. The molecular weight excluding hydrogens is 337 g/mol. The second-order valence-electron chi connectivity index (χ2n) is 3.74. The third kappa shape index (κ3) is 4.95. The molecule has 8 heteroatoms. The summed E-state index contributed by atoms with van der Waals surface area (Å²) in [5, 5.41) is 8.74. The normalized spacial score (nSPS) is 14.5. The van der Waals surface area contributed by atoms with Crippen LogP contribution in [0.5, 0.6) is 0 Å². The average Bonchev–Trinajstić information content (AvgIpc) is 2.13. The zero-order valence-corrected chi connectivity index (χ0v) is 11.4. The number of sulfone groups is 1. The van der Waals surface area contributed by atoms with E-state index >= 15 is 0 Å². The van der Waals surface area contributed by atoms with Crippen molar-refractivity contribution in [3.05, 3.63) is 34.3 Å². The SMILES string of the molecule is O=S(=O)(Cc1cccc(Br)c1)C[C@H](O)C(F)(F)F. The second kappa shape index (κ2) is 5.58. The van der Waals surface area contributed by atoms with Crippen LogP contribution in [-0.4, -0.2) is 31.6 Å². The third-order valence-electron chi connectivity index (χ3n) is 2.07. The highest BCUT2D eigenvalue weighted by Crippen LogP contribution is 2.22. The van der Waals surface area contributed by atoms with E-state index in [0.717, 1.165) is 0 Å². The number of aliphatic hydroxyl groups is 1. The van der Waals surface area contributed by atoms with Crippen molar-refractivity contribution in [1.29, 1.82) is 0 Å². The zero-order valence-electron chi connectivity index (χ0n) is 8.98. The highest BCUT2D eigenvalue weighted by atomic mass is 79.9. The molecule has 0 aliphatic carbocycles. The number of benzene rings is 1. The number of alkyl halides is 3.